The van der Waals surface area contributed by atoms with Gasteiger partial charge in [-0.3, -0.25) is 0 Å². The number of carboxylic acid groups (broad SMARTS) is 1. The van der Waals surface area contributed by atoms with Crippen molar-refractivity contribution >= 4 is 5.97 Å². The molecule has 0 aliphatic rings. The predicted molar refractivity (Wildman–Crippen MR) is 24.2 cm³/mol. The fraction of sp³-hybridized carbons (Fsp3) is 0. The molecular weight excluding hydrogens is 119 g/mol. The minimum atomic E-state index is -0.981. The van der Waals surface area contributed by atoms with Gasteiger partial charge in [-0.25, -0.2) is 4.79 Å². The van der Waals surface area contributed by atoms with Crippen LogP contribution >= 0.6 is 0 Å². The van der Waals surface area contributed by atoms with Crippen molar-refractivity contribution in [3.63, 3.8) is 0 Å². The van der Waals surface area contributed by atoms with Gasteiger partial charge in [0.05, 0.1) is 0 Å². The first-order valence-electron chi connectivity index (χ1n) is 1.12. The third kappa shape index (κ3) is 19.8. The molecule has 0 atom stereocenters. The van der Waals surface area contributed by atoms with E-state index in [0.29, 0.717) is 0 Å². The monoisotopic (exact) mass is 126 g/mol. The van der Waals surface area contributed by atoms with Gasteiger partial charge >= 0.3 is 57.4 Å². The number of aliphatic carboxylic acids is 1. The average Bonchev–Trinajstić information content (AvgIpc) is 1.38. The van der Waals surface area contributed by atoms with Crippen LogP contribution in [-0.4, -0.2) is 11.1 Å². The Morgan fingerprint density at radius 2 is 1.86 bits per heavy atom. The summed E-state index contributed by atoms with van der Waals surface area (Å²) in [5.74, 6) is -0.981. The molecule has 0 aromatic rings. The summed E-state index contributed by atoms with van der Waals surface area (Å²) in [5, 5.41) is 7.60. The van der Waals surface area contributed by atoms with Crippen LogP contribution in [0.3, 0.4) is 0 Å². The third-order valence-corrected chi connectivity index (χ3v) is 0.175. The van der Waals surface area contributed by atoms with E-state index in [4.69, 9.17) is 5.11 Å². The van der Waals surface area contributed by atoms with Crippen LogP contribution in [0.5, 0.6) is 0 Å². The Bertz CT molecular complexity index is 60.7. The van der Waals surface area contributed by atoms with E-state index in [1.54, 1.807) is 0 Å². The average molecular weight is 126 g/mol. The van der Waals surface area contributed by atoms with Crippen LogP contribution in [-0.2, 0) is 4.79 Å². The Morgan fingerprint density at radius 3 is 1.86 bits per heavy atom. The minimum absolute atomic E-state index is 0. The molecule has 0 unspecified atom stereocenters. The molecule has 36 valence electrons. The topological polar surface area (TPSA) is 37.3 Å². The molecule has 0 saturated carbocycles. The number of hydrogen-bond donors (Lipinski definition) is 1. The fourth-order valence-corrected chi connectivity index (χ4v) is 0. The Balaban J connectivity index is -0.0000000800. The molecule has 0 aliphatic carbocycles. The van der Waals surface area contributed by atoms with Crippen LogP contribution in [0.2, 0.25) is 0 Å². The van der Waals surface area contributed by atoms with E-state index >= 15 is 0 Å². The zero-order chi connectivity index (χ0) is 4.28. The molecule has 0 bridgehead atoms. The molecule has 0 aromatic carbocycles. The van der Waals surface area contributed by atoms with Gasteiger partial charge < -0.3 is 12.5 Å². The Kier molecular flexibility index (Phi) is 22.3. The maximum absolute atomic E-state index is 9.25. The summed E-state index contributed by atoms with van der Waals surface area (Å²) in [6.45, 7) is 2.96. The van der Waals surface area contributed by atoms with Crippen molar-refractivity contribution in [2.75, 3.05) is 0 Å². The van der Waals surface area contributed by atoms with Crippen LogP contribution in [0.25, 0.3) is 0 Å². The summed E-state index contributed by atoms with van der Waals surface area (Å²) in [4.78, 5) is 9.25. The van der Waals surface area contributed by atoms with Crippen molar-refractivity contribution in [1.29, 1.82) is 0 Å². The van der Waals surface area contributed by atoms with Gasteiger partial charge in [-0.2, -0.15) is 0 Å². The zero-order valence-corrected chi connectivity index (χ0v) is 7.76. The van der Waals surface area contributed by atoms with E-state index in [9.17, 15) is 4.79 Å². The summed E-state index contributed by atoms with van der Waals surface area (Å²) in [7, 11) is 0. The normalized spacial score (nSPS) is 4.57. The van der Waals surface area contributed by atoms with Gasteiger partial charge in [0.15, 0.2) is 0 Å². The van der Waals surface area contributed by atoms with Gasteiger partial charge in [-0.1, -0.05) is 6.58 Å². The van der Waals surface area contributed by atoms with Crippen LogP contribution in [0.1, 0.15) is 0 Å². The van der Waals surface area contributed by atoms with Gasteiger partial charge in [0, 0.05) is 6.08 Å². The first-order chi connectivity index (χ1) is 2.27. The second-order valence-corrected chi connectivity index (χ2v) is 0.542. The van der Waals surface area contributed by atoms with E-state index in [1.165, 1.54) is 0 Å². The molecule has 0 radical (unpaired) electrons. The van der Waals surface area contributed by atoms with E-state index in [2.05, 4.69) is 6.58 Å². The van der Waals surface area contributed by atoms with Gasteiger partial charge in [-0.05, 0) is 0 Å². The molecule has 0 fully saturated rings. The number of rotatable bonds is 1. The Hall–Kier alpha value is 0.846. The van der Waals surface area contributed by atoms with Crippen LogP contribution in [0, 0.1) is 7.43 Å². The zero-order valence-electron chi connectivity index (χ0n) is 4.64. The van der Waals surface area contributed by atoms with Crippen molar-refractivity contribution in [2.24, 2.45) is 0 Å². The maximum Gasteiger partial charge on any atom is 1.00 e. The third-order valence-electron chi connectivity index (χ3n) is 0.175. The summed E-state index contributed by atoms with van der Waals surface area (Å²) in [5.41, 5.74) is 0. The summed E-state index contributed by atoms with van der Waals surface area (Å²) >= 11 is 0. The van der Waals surface area contributed by atoms with Gasteiger partial charge in [0.25, 0.3) is 0 Å². The molecule has 0 aromatic heterocycles. The van der Waals surface area contributed by atoms with Crippen LogP contribution < -0.4 is 51.4 Å². The standard InChI is InChI=1S/C3H4O2.CH3.K/c1-2-3(4)5;;/h2H,1H2,(H,4,5);1H3;/q;-1;+1. The summed E-state index contributed by atoms with van der Waals surface area (Å²) in [6, 6.07) is 0. The molecule has 0 aliphatic heterocycles. The maximum atomic E-state index is 9.25. The van der Waals surface area contributed by atoms with E-state index in [-0.39, 0.29) is 58.8 Å². The largest absolute Gasteiger partial charge is 1.00 e. The quantitative estimate of drug-likeness (QED) is 0.244. The molecule has 0 spiro atoms. The smallest absolute Gasteiger partial charge is 0.478 e. The predicted octanol–water partition coefficient (Wildman–Crippen LogP) is -2.29. The minimum Gasteiger partial charge on any atom is -0.478 e. The molecule has 0 rings (SSSR count). The van der Waals surface area contributed by atoms with Gasteiger partial charge in [0.1, 0.15) is 0 Å². The first kappa shape index (κ1) is 15.7. The van der Waals surface area contributed by atoms with E-state index in [1.807, 2.05) is 0 Å². The summed E-state index contributed by atoms with van der Waals surface area (Å²) in [6.07, 6.45) is 0.833. The van der Waals surface area contributed by atoms with Crippen molar-refractivity contribution in [1.82, 2.24) is 0 Å². The first-order valence-corrected chi connectivity index (χ1v) is 1.12. The van der Waals surface area contributed by atoms with Crippen molar-refractivity contribution in [3.8, 4) is 0 Å². The van der Waals surface area contributed by atoms with Crippen molar-refractivity contribution < 1.29 is 61.3 Å². The summed E-state index contributed by atoms with van der Waals surface area (Å²) < 4.78 is 0. The molecule has 2 nitrogen and oxygen atoms in total. The molecule has 0 heterocycles. The Morgan fingerprint density at radius 1 is 1.71 bits per heavy atom. The van der Waals surface area contributed by atoms with Crippen LogP contribution in [0.4, 0.5) is 0 Å². The SMILES string of the molecule is C=CC(=O)O.[CH3-].[K+]. The molecular formula is C4H7KO2. The van der Waals surface area contributed by atoms with Crippen LogP contribution in [0.15, 0.2) is 12.7 Å². The fourth-order valence-electron chi connectivity index (χ4n) is 0. The molecule has 0 amide bonds. The molecule has 0 saturated heterocycles. The number of hydrogen-bond acceptors (Lipinski definition) is 1. The second kappa shape index (κ2) is 9.96. The molecule has 1 N–H and O–H groups in total. The van der Waals surface area contributed by atoms with Gasteiger partial charge in [-0.15, -0.1) is 0 Å². The van der Waals surface area contributed by atoms with Gasteiger partial charge in [0.2, 0.25) is 0 Å². The van der Waals surface area contributed by atoms with E-state index in [0.717, 1.165) is 6.08 Å². The number of carboxylic acids is 1. The van der Waals surface area contributed by atoms with E-state index < -0.39 is 5.97 Å². The van der Waals surface area contributed by atoms with Crippen molar-refractivity contribution in [2.45, 2.75) is 0 Å². The number of carbonyl (C=O) groups is 1. The second-order valence-electron chi connectivity index (χ2n) is 0.542. The molecule has 7 heavy (non-hydrogen) atoms. The molecule has 3 heteroatoms. The van der Waals surface area contributed by atoms with Crippen molar-refractivity contribution in [3.05, 3.63) is 20.1 Å². The Labute approximate surface area is 86.0 Å².